The summed E-state index contributed by atoms with van der Waals surface area (Å²) in [5.41, 5.74) is 0. The summed E-state index contributed by atoms with van der Waals surface area (Å²) < 4.78 is 30.6. The van der Waals surface area contributed by atoms with E-state index in [4.69, 9.17) is 9.84 Å². The van der Waals surface area contributed by atoms with E-state index in [9.17, 15) is 18.0 Å². The molecule has 1 amide bonds. The Kier molecular flexibility index (Phi) is 6.56. The summed E-state index contributed by atoms with van der Waals surface area (Å²) in [5.74, 6) is -1.90. The van der Waals surface area contributed by atoms with Gasteiger partial charge in [-0.05, 0) is 13.8 Å². The van der Waals surface area contributed by atoms with Crippen molar-refractivity contribution in [3.05, 3.63) is 0 Å². The second-order valence-electron chi connectivity index (χ2n) is 5.09. The first-order valence-electron chi connectivity index (χ1n) is 6.81. The van der Waals surface area contributed by atoms with Crippen LogP contribution in [0.25, 0.3) is 0 Å². The topological polar surface area (TPSA) is 104 Å². The van der Waals surface area contributed by atoms with Crippen molar-refractivity contribution < 1.29 is 27.9 Å². The number of amides is 1. The number of ether oxygens (including phenoxy) is 1. The molecule has 0 saturated carbocycles. The number of hydrogen-bond donors (Lipinski definition) is 1. The monoisotopic (exact) mass is 322 g/mol. The third kappa shape index (κ3) is 5.60. The van der Waals surface area contributed by atoms with E-state index in [0.717, 1.165) is 4.90 Å². The van der Waals surface area contributed by atoms with Gasteiger partial charge in [0.15, 0.2) is 0 Å². The highest BCUT2D eigenvalue weighted by molar-refractivity contribution is 7.89. The maximum Gasteiger partial charge on any atom is 0.323 e. The van der Waals surface area contributed by atoms with Crippen molar-refractivity contribution in [1.82, 2.24) is 9.21 Å². The molecule has 0 bridgehead atoms. The summed E-state index contributed by atoms with van der Waals surface area (Å²) in [6, 6.07) is -0.292. The molecule has 1 rings (SSSR count). The van der Waals surface area contributed by atoms with E-state index in [1.165, 1.54) is 4.31 Å². The van der Waals surface area contributed by atoms with Crippen molar-refractivity contribution in [3.8, 4) is 0 Å². The Morgan fingerprint density at radius 2 is 1.86 bits per heavy atom. The van der Waals surface area contributed by atoms with Crippen LogP contribution in [0, 0.1) is 0 Å². The number of carboxylic acids is 1. The van der Waals surface area contributed by atoms with Crippen LogP contribution in [0.1, 0.15) is 20.3 Å². The van der Waals surface area contributed by atoms with Gasteiger partial charge in [0.1, 0.15) is 6.54 Å². The first kappa shape index (κ1) is 17.9. The molecular formula is C12H22N2O6S. The first-order valence-corrected chi connectivity index (χ1v) is 8.42. The average Bonchev–Trinajstić information content (AvgIpc) is 2.43. The molecule has 0 aromatic carbocycles. The van der Waals surface area contributed by atoms with Gasteiger partial charge in [0.2, 0.25) is 15.9 Å². The highest BCUT2D eigenvalue weighted by Crippen LogP contribution is 2.09. The fraction of sp³-hybridized carbons (Fsp3) is 0.833. The molecule has 0 aromatic heterocycles. The highest BCUT2D eigenvalue weighted by Gasteiger charge is 2.27. The minimum atomic E-state index is -3.51. The summed E-state index contributed by atoms with van der Waals surface area (Å²) in [5, 5.41) is 8.78. The van der Waals surface area contributed by atoms with Crippen LogP contribution in [0.4, 0.5) is 0 Å². The Labute approximate surface area is 124 Å². The predicted molar refractivity (Wildman–Crippen MR) is 75.3 cm³/mol. The molecule has 8 nitrogen and oxygen atoms in total. The normalized spacial score (nSPS) is 16.9. The van der Waals surface area contributed by atoms with Crippen LogP contribution in [-0.2, 0) is 24.3 Å². The number of sulfonamides is 1. The molecule has 21 heavy (non-hydrogen) atoms. The zero-order valence-electron chi connectivity index (χ0n) is 12.3. The summed E-state index contributed by atoms with van der Waals surface area (Å²) in [4.78, 5) is 23.9. The summed E-state index contributed by atoms with van der Waals surface area (Å²) in [6.07, 6.45) is -0.217. The number of carboxylic acid groups (broad SMARTS) is 1. The van der Waals surface area contributed by atoms with E-state index in [1.54, 1.807) is 13.8 Å². The lowest BCUT2D eigenvalue weighted by atomic mass is 10.3. The van der Waals surface area contributed by atoms with Crippen molar-refractivity contribution >= 4 is 21.9 Å². The number of aliphatic carboxylic acids is 1. The molecule has 0 aromatic rings. The van der Waals surface area contributed by atoms with Crippen LogP contribution in [0.3, 0.4) is 0 Å². The Morgan fingerprint density at radius 3 is 2.33 bits per heavy atom. The standard InChI is InChI=1S/C12H22N2O6S/c1-10(2)14(9-12(16)17)11(15)3-8-21(18,19)13-4-6-20-7-5-13/h10H,3-9H2,1-2H3,(H,16,17). The predicted octanol–water partition coefficient (Wildman–Crippen LogP) is -0.640. The zero-order chi connectivity index (χ0) is 16.0. The van der Waals surface area contributed by atoms with Crippen molar-refractivity contribution in [2.24, 2.45) is 0 Å². The van der Waals surface area contributed by atoms with Gasteiger partial charge < -0.3 is 14.7 Å². The molecule has 0 atom stereocenters. The summed E-state index contributed by atoms with van der Waals surface area (Å²) in [7, 11) is -3.51. The Hall–Kier alpha value is -1.19. The maximum absolute atomic E-state index is 12.1. The fourth-order valence-electron chi connectivity index (χ4n) is 2.02. The van der Waals surface area contributed by atoms with Crippen LogP contribution >= 0.6 is 0 Å². The van der Waals surface area contributed by atoms with E-state index < -0.39 is 28.4 Å². The molecule has 0 unspecified atom stereocenters. The second kappa shape index (κ2) is 7.71. The van der Waals surface area contributed by atoms with Gasteiger partial charge in [-0.1, -0.05) is 0 Å². The number of carbonyl (C=O) groups is 2. The number of nitrogens with zero attached hydrogens (tertiary/aromatic N) is 2. The van der Waals surface area contributed by atoms with E-state index in [-0.39, 0.29) is 18.2 Å². The van der Waals surface area contributed by atoms with Gasteiger partial charge in [0.25, 0.3) is 0 Å². The van der Waals surface area contributed by atoms with E-state index >= 15 is 0 Å². The molecule has 9 heteroatoms. The first-order chi connectivity index (χ1) is 9.74. The molecule has 1 fully saturated rings. The number of morpholine rings is 1. The Bertz CT molecular complexity index is 470. The molecule has 0 spiro atoms. The molecule has 1 aliphatic rings. The van der Waals surface area contributed by atoms with Crippen molar-refractivity contribution in [3.63, 3.8) is 0 Å². The SMILES string of the molecule is CC(C)N(CC(=O)O)C(=O)CCS(=O)(=O)N1CCOCC1. The molecule has 1 aliphatic heterocycles. The largest absolute Gasteiger partial charge is 0.480 e. The summed E-state index contributed by atoms with van der Waals surface area (Å²) >= 11 is 0. The van der Waals surface area contributed by atoms with Crippen molar-refractivity contribution in [2.45, 2.75) is 26.3 Å². The van der Waals surface area contributed by atoms with E-state index in [0.29, 0.717) is 26.3 Å². The smallest absolute Gasteiger partial charge is 0.323 e. The lowest BCUT2D eigenvalue weighted by molar-refractivity contribution is -0.145. The molecule has 122 valence electrons. The Morgan fingerprint density at radius 1 is 1.29 bits per heavy atom. The minimum Gasteiger partial charge on any atom is -0.480 e. The maximum atomic E-state index is 12.1. The molecule has 0 radical (unpaired) electrons. The molecule has 1 N–H and O–H groups in total. The lowest BCUT2D eigenvalue weighted by Crippen LogP contribution is -2.44. The number of rotatable bonds is 7. The summed E-state index contributed by atoms with van der Waals surface area (Å²) in [6.45, 7) is 4.25. The third-order valence-electron chi connectivity index (χ3n) is 3.19. The van der Waals surface area contributed by atoms with Crippen molar-refractivity contribution in [1.29, 1.82) is 0 Å². The molecule has 1 heterocycles. The van der Waals surface area contributed by atoms with Gasteiger partial charge in [0, 0.05) is 25.6 Å². The van der Waals surface area contributed by atoms with Gasteiger partial charge >= 0.3 is 5.97 Å². The van der Waals surface area contributed by atoms with Crippen LogP contribution < -0.4 is 0 Å². The molecule has 1 saturated heterocycles. The minimum absolute atomic E-state index is 0.217. The van der Waals surface area contributed by atoms with E-state index in [1.807, 2.05) is 0 Å². The lowest BCUT2D eigenvalue weighted by Gasteiger charge is -2.27. The van der Waals surface area contributed by atoms with Crippen LogP contribution in [0.5, 0.6) is 0 Å². The third-order valence-corrected chi connectivity index (χ3v) is 5.06. The number of carbonyl (C=O) groups excluding carboxylic acids is 1. The second-order valence-corrected chi connectivity index (χ2v) is 7.18. The van der Waals surface area contributed by atoms with Crippen molar-refractivity contribution in [2.75, 3.05) is 38.6 Å². The van der Waals surface area contributed by atoms with Gasteiger partial charge in [-0.2, -0.15) is 4.31 Å². The highest BCUT2D eigenvalue weighted by atomic mass is 32.2. The van der Waals surface area contributed by atoms with Gasteiger partial charge in [-0.25, -0.2) is 8.42 Å². The van der Waals surface area contributed by atoms with Gasteiger partial charge in [-0.3, -0.25) is 9.59 Å². The fourth-order valence-corrected chi connectivity index (χ4v) is 3.41. The van der Waals surface area contributed by atoms with Gasteiger partial charge in [0.05, 0.1) is 19.0 Å². The molecule has 0 aliphatic carbocycles. The van der Waals surface area contributed by atoms with E-state index in [2.05, 4.69) is 0 Å². The Balaban J connectivity index is 2.59. The van der Waals surface area contributed by atoms with Crippen LogP contribution in [-0.4, -0.2) is 79.2 Å². The number of hydrogen-bond acceptors (Lipinski definition) is 5. The zero-order valence-corrected chi connectivity index (χ0v) is 13.1. The quantitative estimate of drug-likeness (QED) is 0.668. The van der Waals surface area contributed by atoms with Gasteiger partial charge in [-0.15, -0.1) is 0 Å². The average molecular weight is 322 g/mol. The van der Waals surface area contributed by atoms with Crippen LogP contribution in [0.15, 0.2) is 0 Å². The molecular weight excluding hydrogens is 300 g/mol. The van der Waals surface area contributed by atoms with Crippen LogP contribution in [0.2, 0.25) is 0 Å².